The number of hydrogen-bond donors (Lipinski definition) is 2. The van der Waals surface area contributed by atoms with Gasteiger partial charge < -0.3 is 15.5 Å². The Balaban J connectivity index is 1.39. The molecule has 1 saturated heterocycles. The van der Waals surface area contributed by atoms with Crippen molar-refractivity contribution < 1.29 is 4.79 Å². The van der Waals surface area contributed by atoms with Crippen molar-refractivity contribution in [2.45, 2.75) is 33.2 Å². The number of carbonyl (C=O) groups excluding carboxylic acids is 1. The standard InChI is InChI=1S/C22H25N7O2/c1-15-11-22(31)29(14-23-15)13-21(30)27-18-7-5-17(6-8-18)26-19-12-20(25-16(2)24-19)28-9-3-4-10-28/h5-8,11-12,14H,3-4,9-10,13H2,1-2H3,(H,27,30)(H,24,25,26). The fourth-order valence-electron chi connectivity index (χ4n) is 3.50. The molecule has 2 N–H and O–H groups in total. The van der Waals surface area contributed by atoms with Crippen LogP contribution in [0.1, 0.15) is 24.4 Å². The van der Waals surface area contributed by atoms with Gasteiger partial charge in [0.05, 0.1) is 6.33 Å². The van der Waals surface area contributed by atoms with Crippen molar-refractivity contribution in [1.82, 2.24) is 19.5 Å². The van der Waals surface area contributed by atoms with Gasteiger partial charge in [-0.1, -0.05) is 0 Å². The molecule has 1 amide bonds. The second kappa shape index (κ2) is 8.95. The normalized spacial score (nSPS) is 13.3. The van der Waals surface area contributed by atoms with Gasteiger partial charge in [0.2, 0.25) is 5.91 Å². The fraction of sp³-hybridized carbons (Fsp3) is 0.318. The molecule has 0 unspecified atom stereocenters. The molecule has 3 aromatic rings. The summed E-state index contributed by atoms with van der Waals surface area (Å²) in [5.74, 6) is 2.10. The van der Waals surface area contributed by atoms with Crippen molar-refractivity contribution >= 4 is 28.9 Å². The Kier molecular flexibility index (Phi) is 5.92. The molecule has 0 radical (unpaired) electrons. The van der Waals surface area contributed by atoms with Crippen LogP contribution in [0.3, 0.4) is 0 Å². The second-order valence-electron chi connectivity index (χ2n) is 7.60. The summed E-state index contributed by atoms with van der Waals surface area (Å²) in [6.45, 7) is 5.57. The van der Waals surface area contributed by atoms with Crippen LogP contribution in [0.2, 0.25) is 0 Å². The number of rotatable bonds is 6. The second-order valence-corrected chi connectivity index (χ2v) is 7.60. The van der Waals surface area contributed by atoms with E-state index >= 15 is 0 Å². The predicted octanol–water partition coefficient (Wildman–Crippen LogP) is 2.63. The third kappa shape index (κ3) is 5.25. The van der Waals surface area contributed by atoms with Crippen LogP contribution in [0, 0.1) is 13.8 Å². The van der Waals surface area contributed by atoms with Crippen LogP contribution in [0.5, 0.6) is 0 Å². The first kappa shape index (κ1) is 20.5. The highest BCUT2D eigenvalue weighted by Crippen LogP contribution is 2.23. The van der Waals surface area contributed by atoms with E-state index in [1.54, 1.807) is 19.1 Å². The van der Waals surface area contributed by atoms with E-state index < -0.39 is 0 Å². The first-order valence-electron chi connectivity index (χ1n) is 10.3. The molecule has 0 bridgehead atoms. The Labute approximate surface area is 180 Å². The summed E-state index contributed by atoms with van der Waals surface area (Å²) in [6.07, 6.45) is 3.76. The summed E-state index contributed by atoms with van der Waals surface area (Å²) in [4.78, 5) is 39.5. The van der Waals surface area contributed by atoms with Gasteiger partial charge in [-0.25, -0.2) is 15.0 Å². The van der Waals surface area contributed by atoms with Crippen molar-refractivity contribution in [3.8, 4) is 0 Å². The molecule has 0 atom stereocenters. The van der Waals surface area contributed by atoms with Crippen LogP contribution in [-0.4, -0.2) is 38.5 Å². The molecule has 2 aromatic heterocycles. The Hall–Kier alpha value is -3.75. The lowest BCUT2D eigenvalue weighted by Gasteiger charge is -2.18. The molecule has 9 nitrogen and oxygen atoms in total. The Morgan fingerprint density at radius 3 is 2.45 bits per heavy atom. The van der Waals surface area contributed by atoms with Crippen LogP contribution in [0.4, 0.5) is 23.0 Å². The molecule has 1 aromatic carbocycles. The molecule has 3 heterocycles. The molecule has 9 heteroatoms. The number of anilines is 4. The topological polar surface area (TPSA) is 105 Å². The highest BCUT2D eigenvalue weighted by atomic mass is 16.2. The lowest BCUT2D eigenvalue weighted by Crippen LogP contribution is -2.27. The summed E-state index contributed by atoms with van der Waals surface area (Å²) in [5, 5.41) is 6.09. The summed E-state index contributed by atoms with van der Waals surface area (Å²) < 4.78 is 1.27. The summed E-state index contributed by atoms with van der Waals surface area (Å²) in [6, 6.07) is 10.7. The molecule has 1 aliphatic heterocycles. The van der Waals surface area contributed by atoms with Gasteiger partial charge in [-0.15, -0.1) is 0 Å². The molecule has 1 fully saturated rings. The fourth-order valence-corrected chi connectivity index (χ4v) is 3.50. The first-order valence-corrected chi connectivity index (χ1v) is 10.3. The van der Waals surface area contributed by atoms with Gasteiger partial charge in [0.15, 0.2) is 0 Å². The van der Waals surface area contributed by atoms with E-state index in [1.807, 2.05) is 25.1 Å². The predicted molar refractivity (Wildman–Crippen MR) is 120 cm³/mol. The summed E-state index contributed by atoms with van der Waals surface area (Å²) in [7, 11) is 0. The number of amides is 1. The zero-order chi connectivity index (χ0) is 21.8. The Bertz CT molecular complexity index is 1140. The highest BCUT2D eigenvalue weighted by Gasteiger charge is 2.15. The molecule has 0 aliphatic carbocycles. The lowest BCUT2D eigenvalue weighted by molar-refractivity contribution is -0.116. The van der Waals surface area contributed by atoms with Crippen LogP contribution >= 0.6 is 0 Å². The lowest BCUT2D eigenvalue weighted by atomic mass is 10.2. The maximum atomic E-state index is 12.3. The van der Waals surface area contributed by atoms with Crippen molar-refractivity contribution in [1.29, 1.82) is 0 Å². The number of aromatic nitrogens is 4. The molecule has 1 aliphatic rings. The molecular formula is C22H25N7O2. The number of hydrogen-bond acceptors (Lipinski definition) is 7. The zero-order valence-corrected chi connectivity index (χ0v) is 17.6. The SMILES string of the molecule is Cc1cc(=O)n(CC(=O)Nc2ccc(Nc3cc(N4CCCC4)nc(C)n3)cc2)cn1. The minimum atomic E-state index is -0.296. The van der Waals surface area contributed by atoms with Crippen molar-refractivity contribution in [2.75, 3.05) is 28.6 Å². The summed E-state index contributed by atoms with van der Waals surface area (Å²) >= 11 is 0. The van der Waals surface area contributed by atoms with E-state index in [-0.39, 0.29) is 18.0 Å². The molecular weight excluding hydrogens is 394 g/mol. The molecule has 0 spiro atoms. The molecule has 31 heavy (non-hydrogen) atoms. The third-order valence-electron chi connectivity index (χ3n) is 5.03. The highest BCUT2D eigenvalue weighted by molar-refractivity contribution is 5.90. The average molecular weight is 419 g/mol. The van der Waals surface area contributed by atoms with Gasteiger partial charge in [-0.05, 0) is 51.0 Å². The number of benzene rings is 1. The van der Waals surface area contributed by atoms with Crippen LogP contribution < -0.4 is 21.1 Å². The first-order chi connectivity index (χ1) is 15.0. The van der Waals surface area contributed by atoms with E-state index in [0.29, 0.717) is 11.4 Å². The number of nitrogens with one attached hydrogen (secondary N) is 2. The average Bonchev–Trinajstić information content (AvgIpc) is 3.26. The third-order valence-corrected chi connectivity index (χ3v) is 5.03. The van der Waals surface area contributed by atoms with Crippen LogP contribution in [-0.2, 0) is 11.3 Å². The Morgan fingerprint density at radius 2 is 1.74 bits per heavy atom. The van der Waals surface area contributed by atoms with Gasteiger partial charge >= 0.3 is 0 Å². The quantitative estimate of drug-likeness (QED) is 0.633. The molecule has 160 valence electrons. The van der Waals surface area contributed by atoms with Gasteiger partial charge in [0, 0.05) is 42.3 Å². The number of carbonyl (C=O) groups is 1. The van der Waals surface area contributed by atoms with Crippen LogP contribution in [0.15, 0.2) is 47.5 Å². The Morgan fingerprint density at radius 1 is 1.03 bits per heavy atom. The summed E-state index contributed by atoms with van der Waals surface area (Å²) in [5.41, 5.74) is 1.86. The smallest absolute Gasteiger partial charge is 0.253 e. The van der Waals surface area contributed by atoms with Gasteiger partial charge in [-0.3, -0.25) is 14.2 Å². The van der Waals surface area contributed by atoms with Crippen LogP contribution in [0.25, 0.3) is 0 Å². The monoisotopic (exact) mass is 419 g/mol. The van der Waals surface area contributed by atoms with Gasteiger partial charge in [0.1, 0.15) is 24.0 Å². The van der Waals surface area contributed by atoms with E-state index in [2.05, 4.69) is 30.5 Å². The number of nitrogens with zero attached hydrogens (tertiary/aromatic N) is 5. The van der Waals surface area contributed by atoms with Crippen molar-refractivity contribution in [3.63, 3.8) is 0 Å². The van der Waals surface area contributed by atoms with E-state index in [0.717, 1.165) is 36.2 Å². The molecule has 0 saturated carbocycles. The van der Waals surface area contributed by atoms with Gasteiger partial charge in [0.25, 0.3) is 5.56 Å². The minimum absolute atomic E-state index is 0.0917. The largest absolute Gasteiger partial charge is 0.356 e. The van der Waals surface area contributed by atoms with E-state index in [1.165, 1.54) is 29.8 Å². The molecule has 4 rings (SSSR count). The van der Waals surface area contributed by atoms with E-state index in [4.69, 9.17) is 0 Å². The zero-order valence-electron chi connectivity index (χ0n) is 17.6. The van der Waals surface area contributed by atoms with Gasteiger partial charge in [-0.2, -0.15) is 0 Å². The van der Waals surface area contributed by atoms with E-state index in [9.17, 15) is 9.59 Å². The maximum absolute atomic E-state index is 12.3. The maximum Gasteiger partial charge on any atom is 0.253 e. The van der Waals surface area contributed by atoms with Crippen molar-refractivity contribution in [3.05, 3.63) is 64.6 Å². The van der Waals surface area contributed by atoms with Crippen molar-refractivity contribution in [2.24, 2.45) is 0 Å². The number of aryl methyl sites for hydroxylation is 2. The minimum Gasteiger partial charge on any atom is -0.356 e.